The Morgan fingerprint density at radius 3 is 2.58 bits per heavy atom. The standard InChI is InChI=1S/C14H21ClN2O2/c1-4-17(5-2)9-10(3)16-13-8-11(15)6-7-12(13)14(18)19/h6-8,10,16H,4-5,9H2,1-3H3,(H,18,19). The fraction of sp³-hybridized carbons (Fsp3) is 0.500. The van der Waals surface area contributed by atoms with Gasteiger partial charge in [-0.15, -0.1) is 0 Å². The van der Waals surface area contributed by atoms with Crippen molar-refractivity contribution in [2.24, 2.45) is 0 Å². The molecule has 5 heteroatoms. The van der Waals surface area contributed by atoms with Crippen molar-refractivity contribution in [3.8, 4) is 0 Å². The Balaban J connectivity index is 2.80. The van der Waals surface area contributed by atoms with Crippen LogP contribution >= 0.6 is 11.6 Å². The van der Waals surface area contributed by atoms with Crippen molar-refractivity contribution in [2.75, 3.05) is 25.0 Å². The molecule has 1 atom stereocenters. The van der Waals surface area contributed by atoms with Gasteiger partial charge in [-0.25, -0.2) is 4.79 Å². The first-order valence-electron chi connectivity index (χ1n) is 6.49. The van der Waals surface area contributed by atoms with Crippen LogP contribution < -0.4 is 5.32 Å². The minimum Gasteiger partial charge on any atom is -0.478 e. The first-order chi connectivity index (χ1) is 8.97. The molecule has 0 aliphatic rings. The van der Waals surface area contributed by atoms with Crippen LogP contribution in [0.1, 0.15) is 31.1 Å². The van der Waals surface area contributed by atoms with Crippen LogP contribution in [-0.2, 0) is 0 Å². The van der Waals surface area contributed by atoms with E-state index in [-0.39, 0.29) is 11.6 Å². The number of rotatable bonds is 7. The molecule has 0 aliphatic carbocycles. The van der Waals surface area contributed by atoms with Crippen molar-refractivity contribution in [1.29, 1.82) is 0 Å². The Kier molecular flexibility index (Phi) is 6.12. The number of nitrogens with one attached hydrogen (secondary N) is 1. The summed E-state index contributed by atoms with van der Waals surface area (Å²) in [4.78, 5) is 13.4. The van der Waals surface area contributed by atoms with Crippen LogP contribution in [0.3, 0.4) is 0 Å². The van der Waals surface area contributed by atoms with Gasteiger partial charge in [0.1, 0.15) is 0 Å². The zero-order valence-corrected chi connectivity index (χ0v) is 12.4. The van der Waals surface area contributed by atoms with E-state index in [1.807, 2.05) is 6.92 Å². The SMILES string of the molecule is CCN(CC)CC(C)Nc1cc(Cl)ccc1C(=O)O. The number of carboxylic acid groups (broad SMARTS) is 1. The number of likely N-dealkylation sites (N-methyl/N-ethyl adjacent to an activating group) is 1. The van der Waals surface area contributed by atoms with Crippen LogP contribution in [0.25, 0.3) is 0 Å². The minimum absolute atomic E-state index is 0.150. The third-order valence-electron chi connectivity index (χ3n) is 3.04. The second-order valence-electron chi connectivity index (χ2n) is 4.53. The second kappa shape index (κ2) is 7.36. The maximum atomic E-state index is 11.2. The van der Waals surface area contributed by atoms with Crippen LogP contribution in [0, 0.1) is 0 Å². The lowest BCUT2D eigenvalue weighted by Gasteiger charge is -2.24. The Labute approximate surface area is 119 Å². The van der Waals surface area contributed by atoms with Gasteiger partial charge in [-0.2, -0.15) is 0 Å². The number of halogens is 1. The molecule has 0 amide bonds. The third-order valence-corrected chi connectivity index (χ3v) is 3.28. The molecule has 0 saturated carbocycles. The molecule has 2 N–H and O–H groups in total. The normalized spacial score (nSPS) is 12.5. The van der Waals surface area contributed by atoms with Crippen LogP contribution in [0.4, 0.5) is 5.69 Å². The Hall–Kier alpha value is -1.26. The van der Waals surface area contributed by atoms with E-state index in [0.29, 0.717) is 10.7 Å². The summed E-state index contributed by atoms with van der Waals surface area (Å²) in [5.74, 6) is -0.950. The highest BCUT2D eigenvalue weighted by Crippen LogP contribution is 2.22. The van der Waals surface area contributed by atoms with Crippen molar-refractivity contribution in [1.82, 2.24) is 4.90 Å². The molecule has 0 fully saturated rings. The lowest BCUT2D eigenvalue weighted by molar-refractivity contribution is 0.0698. The zero-order chi connectivity index (χ0) is 14.4. The van der Waals surface area contributed by atoms with Gasteiger partial charge in [0.05, 0.1) is 11.3 Å². The number of nitrogens with zero attached hydrogens (tertiary/aromatic N) is 1. The fourth-order valence-corrected chi connectivity index (χ4v) is 2.17. The molecule has 1 aromatic carbocycles. The molecule has 0 spiro atoms. The van der Waals surface area contributed by atoms with Crippen LogP contribution in [0.5, 0.6) is 0 Å². The van der Waals surface area contributed by atoms with Crippen molar-refractivity contribution >= 4 is 23.3 Å². The topological polar surface area (TPSA) is 52.6 Å². The van der Waals surface area contributed by atoms with E-state index < -0.39 is 5.97 Å². The van der Waals surface area contributed by atoms with Gasteiger partial charge >= 0.3 is 5.97 Å². The number of anilines is 1. The Morgan fingerprint density at radius 1 is 1.42 bits per heavy atom. The van der Waals surface area contributed by atoms with E-state index in [1.165, 1.54) is 6.07 Å². The molecular weight excluding hydrogens is 264 g/mol. The van der Waals surface area contributed by atoms with E-state index in [0.717, 1.165) is 19.6 Å². The lowest BCUT2D eigenvalue weighted by atomic mass is 10.1. The molecule has 1 aromatic rings. The largest absolute Gasteiger partial charge is 0.478 e. The number of hydrogen-bond acceptors (Lipinski definition) is 3. The molecule has 1 rings (SSSR count). The summed E-state index contributed by atoms with van der Waals surface area (Å²) in [6, 6.07) is 4.92. The van der Waals surface area contributed by atoms with Crippen LogP contribution in [0.15, 0.2) is 18.2 Å². The molecule has 0 heterocycles. The summed E-state index contributed by atoms with van der Waals surface area (Å²) in [7, 11) is 0. The van der Waals surface area contributed by atoms with E-state index in [4.69, 9.17) is 16.7 Å². The van der Waals surface area contributed by atoms with Gasteiger partial charge < -0.3 is 15.3 Å². The third kappa shape index (κ3) is 4.73. The summed E-state index contributed by atoms with van der Waals surface area (Å²) in [6.45, 7) is 9.06. The van der Waals surface area contributed by atoms with Crippen molar-refractivity contribution in [2.45, 2.75) is 26.8 Å². The van der Waals surface area contributed by atoms with Gasteiger partial charge in [0.2, 0.25) is 0 Å². The first kappa shape index (κ1) is 15.8. The number of carboxylic acids is 1. The van der Waals surface area contributed by atoms with Gasteiger partial charge in [0.25, 0.3) is 0 Å². The van der Waals surface area contributed by atoms with Crippen molar-refractivity contribution in [3.05, 3.63) is 28.8 Å². The highest BCUT2D eigenvalue weighted by atomic mass is 35.5. The molecule has 19 heavy (non-hydrogen) atoms. The van der Waals surface area contributed by atoms with Gasteiger partial charge in [0, 0.05) is 17.6 Å². The van der Waals surface area contributed by atoms with E-state index >= 15 is 0 Å². The molecule has 0 bridgehead atoms. The predicted molar refractivity (Wildman–Crippen MR) is 79.3 cm³/mol. The highest BCUT2D eigenvalue weighted by Gasteiger charge is 2.13. The van der Waals surface area contributed by atoms with Crippen molar-refractivity contribution in [3.63, 3.8) is 0 Å². The Bertz CT molecular complexity index is 433. The minimum atomic E-state index is -0.950. The summed E-state index contributed by atoms with van der Waals surface area (Å²) < 4.78 is 0. The quantitative estimate of drug-likeness (QED) is 0.807. The summed E-state index contributed by atoms with van der Waals surface area (Å²) >= 11 is 5.92. The monoisotopic (exact) mass is 284 g/mol. The van der Waals surface area contributed by atoms with Crippen molar-refractivity contribution < 1.29 is 9.90 Å². The predicted octanol–water partition coefficient (Wildman–Crippen LogP) is 3.18. The summed E-state index contributed by atoms with van der Waals surface area (Å²) in [6.07, 6.45) is 0. The Morgan fingerprint density at radius 2 is 2.05 bits per heavy atom. The van der Waals surface area contributed by atoms with Gasteiger partial charge in [0.15, 0.2) is 0 Å². The average molecular weight is 285 g/mol. The average Bonchev–Trinajstić information content (AvgIpc) is 2.35. The molecule has 0 radical (unpaired) electrons. The smallest absolute Gasteiger partial charge is 0.337 e. The fourth-order valence-electron chi connectivity index (χ4n) is 2.00. The number of hydrogen-bond donors (Lipinski definition) is 2. The van der Waals surface area contributed by atoms with Gasteiger partial charge in [-0.1, -0.05) is 25.4 Å². The van der Waals surface area contributed by atoms with Gasteiger partial charge in [-0.05, 0) is 38.2 Å². The molecule has 4 nitrogen and oxygen atoms in total. The van der Waals surface area contributed by atoms with E-state index in [1.54, 1.807) is 12.1 Å². The van der Waals surface area contributed by atoms with E-state index in [9.17, 15) is 4.79 Å². The lowest BCUT2D eigenvalue weighted by Crippen LogP contribution is -2.35. The van der Waals surface area contributed by atoms with Crippen LogP contribution in [-0.4, -0.2) is 41.7 Å². The number of carbonyl (C=O) groups is 1. The molecule has 0 aliphatic heterocycles. The first-order valence-corrected chi connectivity index (χ1v) is 6.87. The summed E-state index contributed by atoms with van der Waals surface area (Å²) in [5, 5.41) is 12.9. The van der Waals surface area contributed by atoms with Gasteiger partial charge in [-0.3, -0.25) is 0 Å². The van der Waals surface area contributed by atoms with Crippen LogP contribution in [0.2, 0.25) is 5.02 Å². The molecule has 0 aromatic heterocycles. The molecular formula is C14H21ClN2O2. The molecule has 106 valence electrons. The maximum Gasteiger partial charge on any atom is 0.337 e. The number of aromatic carboxylic acids is 1. The molecule has 1 unspecified atom stereocenters. The van der Waals surface area contributed by atoms with E-state index in [2.05, 4.69) is 24.1 Å². The highest BCUT2D eigenvalue weighted by molar-refractivity contribution is 6.31. The molecule has 0 saturated heterocycles. The second-order valence-corrected chi connectivity index (χ2v) is 4.96. The number of benzene rings is 1. The summed E-state index contributed by atoms with van der Waals surface area (Å²) in [5.41, 5.74) is 0.815. The maximum absolute atomic E-state index is 11.2. The zero-order valence-electron chi connectivity index (χ0n) is 11.6.